The Kier molecular flexibility index (Phi) is 5.06. The summed E-state index contributed by atoms with van der Waals surface area (Å²) >= 11 is 11.9. The van der Waals surface area contributed by atoms with Gasteiger partial charge in [0.15, 0.2) is 5.65 Å². The topological polar surface area (TPSA) is 51.0 Å². The summed E-state index contributed by atoms with van der Waals surface area (Å²) in [5.41, 5.74) is 1.28. The second kappa shape index (κ2) is 6.62. The van der Waals surface area contributed by atoms with E-state index in [0.717, 1.165) is 0 Å². The Morgan fingerprint density at radius 1 is 1.43 bits per heavy atom. The molecule has 0 radical (unpaired) electrons. The Bertz CT molecular complexity index is 652. The van der Waals surface area contributed by atoms with Crippen LogP contribution in [0.5, 0.6) is 0 Å². The van der Waals surface area contributed by atoms with Gasteiger partial charge in [0.2, 0.25) is 5.91 Å². The first-order valence-corrected chi connectivity index (χ1v) is 7.81. The van der Waals surface area contributed by atoms with E-state index >= 15 is 0 Å². The van der Waals surface area contributed by atoms with Gasteiger partial charge >= 0.3 is 0 Å². The highest BCUT2D eigenvalue weighted by Gasteiger charge is 2.24. The van der Waals surface area contributed by atoms with Gasteiger partial charge in [0, 0.05) is 19.3 Å². The van der Waals surface area contributed by atoms with Gasteiger partial charge in [-0.25, -0.2) is 9.97 Å². The van der Waals surface area contributed by atoms with Crippen molar-refractivity contribution in [1.29, 1.82) is 0 Å². The molecule has 0 aliphatic carbocycles. The van der Waals surface area contributed by atoms with E-state index in [4.69, 9.17) is 23.2 Å². The number of nitrogens with zero attached hydrogens (tertiary/aromatic N) is 4. The Balaban J connectivity index is 2.51. The Labute approximate surface area is 133 Å². The van der Waals surface area contributed by atoms with Gasteiger partial charge in [0.25, 0.3) is 0 Å². The van der Waals surface area contributed by atoms with Crippen LogP contribution in [0.25, 0.3) is 11.2 Å². The summed E-state index contributed by atoms with van der Waals surface area (Å²) in [6, 6.07) is 1.32. The molecule has 0 spiro atoms. The van der Waals surface area contributed by atoms with Gasteiger partial charge in [-0.05, 0) is 26.8 Å². The zero-order valence-corrected chi connectivity index (χ0v) is 13.8. The summed E-state index contributed by atoms with van der Waals surface area (Å²) in [5.74, 6) is 0.862. The third-order valence-corrected chi connectivity index (χ3v) is 3.95. The number of alkyl halides is 1. The Morgan fingerprint density at radius 2 is 2.10 bits per heavy atom. The van der Waals surface area contributed by atoms with E-state index in [1.54, 1.807) is 21.7 Å². The minimum atomic E-state index is -0.405. The molecule has 0 fully saturated rings. The molecule has 2 aromatic rings. The number of carbonyl (C=O) groups is 1. The highest BCUT2D eigenvalue weighted by atomic mass is 35.5. The van der Waals surface area contributed by atoms with Crippen LogP contribution in [-0.4, -0.2) is 38.4 Å². The molecule has 1 atom stereocenters. The number of fused-ring (bicyclic) bond motifs is 1. The summed E-state index contributed by atoms with van der Waals surface area (Å²) < 4.78 is 1.79. The van der Waals surface area contributed by atoms with Crippen molar-refractivity contribution in [1.82, 2.24) is 19.4 Å². The molecule has 0 aliphatic heterocycles. The number of carbonyl (C=O) groups excluding carboxylic acids is 1. The van der Waals surface area contributed by atoms with Crippen molar-refractivity contribution in [2.24, 2.45) is 0 Å². The van der Waals surface area contributed by atoms with Gasteiger partial charge in [0.05, 0.1) is 10.9 Å². The highest BCUT2D eigenvalue weighted by molar-refractivity contribution is 6.31. The van der Waals surface area contributed by atoms with Gasteiger partial charge in [-0.1, -0.05) is 11.6 Å². The fourth-order valence-electron chi connectivity index (χ4n) is 2.42. The summed E-state index contributed by atoms with van der Waals surface area (Å²) in [7, 11) is 0. The molecule has 0 bridgehead atoms. The number of imidazole rings is 1. The lowest BCUT2D eigenvalue weighted by Gasteiger charge is -2.24. The summed E-state index contributed by atoms with van der Waals surface area (Å²) in [6.45, 7) is 7.10. The lowest BCUT2D eigenvalue weighted by Crippen LogP contribution is -2.36. The molecule has 2 rings (SSSR count). The van der Waals surface area contributed by atoms with Crippen LogP contribution < -0.4 is 0 Å². The third-order valence-electron chi connectivity index (χ3n) is 3.51. The van der Waals surface area contributed by atoms with E-state index in [0.29, 0.717) is 35.1 Å². The van der Waals surface area contributed by atoms with Gasteiger partial charge in [0.1, 0.15) is 17.4 Å². The maximum Gasteiger partial charge on any atom is 0.245 e. The second-order valence-corrected chi connectivity index (χ2v) is 5.42. The lowest BCUT2D eigenvalue weighted by molar-refractivity contribution is -0.133. The molecule has 0 N–H and O–H groups in total. The van der Waals surface area contributed by atoms with E-state index in [2.05, 4.69) is 9.97 Å². The summed E-state index contributed by atoms with van der Waals surface area (Å²) in [5, 5.41) is 0.510. The molecule has 7 heteroatoms. The van der Waals surface area contributed by atoms with Crippen molar-refractivity contribution in [3.05, 3.63) is 23.1 Å². The fraction of sp³-hybridized carbons (Fsp3) is 0.500. The maximum absolute atomic E-state index is 12.6. The van der Waals surface area contributed by atoms with E-state index in [-0.39, 0.29) is 11.8 Å². The standard InChI is InChI=1S/C14H18Cl2N4O/c1-4-19(5-2)14(21)9(3)20-12(7-15)18-11-6-10(16)8-17-13(11)20/h6,8-9H,4-5,7H2,1-3H3. The first-order valence-electron chi connectivity index (χ1n) is 6.90. The minimum Gasteiger partial charge on any atom is -0.341 e. The Morgan fingerprint density at radius 3 is 2.67 bits per heavy atom. The summed E-state index contributed by atoms with van der Waals surface area (Å²) in [6.07, 6.45) is 1.55. The lowest BCUT2D eigenvalue weighted by atomic mass is 10.2. The van der Waals surface area contributed by atoms with E-state index in [9.17, 15) is 4.79 Å². The second-order valence-electron chi connectivity index (χ2n) is 4.71. The first kappa shape index (κ1) is 16.0. The predicted octanol–water partition coefficient (Wildman–Crippen LogP) is 3.25. The average Bonchev–Trinajstić information content (AvgIpc) is 2.84. The van der Waals surface area contributed by atoms with Crippen LogP contribution in [0.1, 0.15) is 32.6 Å². The zero-order valence-electron chi connectivity index (χ0n) is 12.3. The predicted molar refractivity (Wildman–Crippen MR) is 84.7 cm³/mol. The molecular weight excluding hydrogens is 311 g/mol. The van der Waals surface area contributed by atoms with Crippen molar-refractivity contribution in [3.63, 3.8) is 0 Å². The van der Waals surface area contributed by atoms with Gasteiger partial charge < -0.3 is 4.90 Å². The molecule has 21 heavy (non-hydrogen) atoms. The highest BCUT2D eigenvalue weighted by Crippen LogP contribution is 2.24. The number of hydrogen-bond donors (Lipinski definition) is 0. The average molecular weight is 329 g/mol. The van der Waals surface area contributed by atoms with Crippen molar-refractivity contribution in [2.75, 3.05) is 13.1 Å². The van der Waals surface area contributed by atoms with Crippen LogP contribution in [0.15, 0.2) is 12.3 Å². The number of likely N-dealkylation sites (N-methyl/N-ethyl adjacent to an activating group) is 1. The molecular formula is C14H18Cl2N4O. The van der Waals surface area contributed by atoms with Gasteiger partial charge in [-0.2, -0.15) is 0 Å². The first-order chi connectivity index (χ1) is 10.0. The largest absolute Gasteiger partial charge is 0.341 e. The number of pyridine rings is 1. The molecule has 5 nitrogen and oxygen atoms in total. The molecule has 1 unspecified atom stereocenters. The van der Waals surface area contributed by atoms with Gasteiger partial charge in [-0.15, -0.1) is 11.6 Å². The van der Waals surface area contributed by atoms with Crippen LogP contribution in [-0.2, 0) is 10.7 Å². The molecule has 1 amide bonds. The third kappa shape index (κ3) is 2.99. The Hall–Kier alpha value is -1.33. The van der Waals surface area contributed by atoms with E-state index in [1.807, 2.05) is 20.8 Å². The number of rotatable bonds is 5. The molecule has 2 aromatic heterocycles. The maximum atomic E-state index is 12.6. The van der Waals surface area contributed by atoms with Crippen molar-refractivity contribution in [2.45, 2.75) is 32.7 Å². The number of halogens is 2. The van der Waals surface area contributed by atoms with E-state index < -0.39 is 6.04 Å². The quantitative estimate of drug-likeness (QED) is 0.791. The minimum absolute atomic E-state index is 0.0300. The van der Waals surface area contributed by atoms with E-state index in [1.165, 1.54) is 0 Å². The van der Waals surface area contributed by atoms with Crippen molar-refractivity contribution in [3.8, 4) is 0 Å². The molecule has 0 saturated heterocycles. The number of aromatic nitrogens is 3. The number of amides is 1. The van der Waals surface area contributed by atoms with Crippen LogP contribution in [0.4, 0.5) is 0 Å². The van der Waals surface area contributed by atoms with Crippen LogP contribution in [0.3, 0.4) is 0 Å². The van der Waals surface area contributed by atoms with Crippen molar-refractivity contribution >= 4 is 40.3 Å². The molecule has 114 valence electrons. The molecule has 2 heterocycles. The molecule has 0 aliphatic rings. The monoisotopic (exact) mass is 328 g/mol. The molecule has 0 aromatic carbocycles. The van der Waals surface area contributed by atoms with Crippen LogP contribution in [0, 0.1) is 0 Å². The fourth-order valence-corrected chi connectivity index (χ4v) is 2.76. The van der Waals surface area contributed by atoms with Crippen molar-refractivity contribution < 1.29 is 4.79 Å². The number of hydrogen-bond acceptors (Lipinski definition) is 3. The SMILES string of the molecule is CCN(CC)C(=O)C(C)n1c(CCl)nc2cc(Cl)cnc21. The van der Waals surface area contributed by atoms with Crippen LogP contribution >= 0.6 is 23.2 Å². The normalized spacial score (nSPS) is 12.6. The zero-order chi connectivity index (χ0) is 15.6. The smallest absolute Gasteiger partial charge is 0.245 e. The van der Waals surface area contributed by atoms with Crippen LogP contribution in [0.2, 0.25) is 5.02 Å². The summed E-state index contributed by atoms with van der Waals surface area (Å²) in [4.78, 5) is 23.1. The molecule has 0 saturated carbocycles. The van der Waals surface area contributed by atoms with Gasteiger partial charge in [-0.3, -0.25) is 9.36 Å².